The molecule has 0 spiro atoms. The Morgan fingerprint density at radius 2 is 2.00 bits per heavy atom. The van der Waals surface area contributed by atoms with Crippen molar-refractivity contribution >= 4 is 0 Å². The minimum absolute atomic E-state index is 0.0793. The molecular formula is C12H19FN2. The van der Waals surface area contributed by atoms with E-state index in [-0.39, 0.29) is 5.83 Å². The zero-order chi connectivity index (χ0) is 10.9. The van der Waals surface area contributed by atoms with Gasteiger partial charge in [-0.15, -0.1) is 0 Å². The van der Waals surface area contributed by atoms with Gasteiger partial charge < -0.3 is 5.73 Å². The Morgan fingerprint density at radius 3 is 2.60 bits per heavy atom. The van der Waals surface area contributed by atoms with Crippen molar-refractivity contribution in [2.45, 2.75) is 38.1 Å². The van der Waals surface area contributed by atoms with Gasteiger partial charge in [0.15, 0.2) is 0 Å². The Hall–Kier alpha value is -0.830. The fraction of sp³-hybridized carbons (Fsp3) is 0.667. The van der Waals surface area contributed by atoms with Crippen LogP contribution in [0, 0.1) is 0 Å². The molecule has 0 saturated carbocycles. The second kappa shape index (κ2) is 3.97. The molecule has 15 heavy (non-hydrogen) atoms. The first-order valence-corrected chi connectivity index (χ1v) is 5.71. The highest BCUT2D eigenvalue weighted by Crippen LogP contribution is 2.35. The molecule has 2 nitrogen and oxygen atoms in total. The lowest BCUT2D eigenvalue weighted by Gasteiger charge is -2.43. The lowest BCUT2D eigenvalue weighted by molar-refractivity contribution is 0.0907. The number of piperidine rings is 1. The van der Waals surface area contributed by atoms with Gasteiger partial charge in [-0.25, -0.2) is 4.39 Å². The third-order valence-corrected chi connectivity index (χ3v) is 3.60. The monoisotopic (exact) mass is 210 g/mol. The van der Waals surface area contributed by atoms with Gasteiger partial charge >= 0.3 is 0 Å². The zero-order valence-corrected chi connectivity index (χ0v) is 9.30. The van der Waals surface area contributed by atoms with Crippen LogP contribution in [0.4, 0.5) is 4.39 Å². The summed E-state index contributed by atoms with van der Waals surface area (Å²) in [4.78, 5) is 2.26. The van der Waals surface area contributed by atoms with Crippen LogP contribution >= 0.6 is 0 Å². The van der Waals surface area contributed by atoms with Crippen LogP contribution in [0.1, 0.15) is 32.6 Å². The molecule has 0 aromatic heterocycles. The molecule has 0 amide bonds. The molecular weight excluding hydrogens is 191 g/mol. The van der Waals surface area contributed by atoms with Crippen molar-refractivity contribution in [1.82, 2.24) is 4.90 Å². The quantitative estimate of drug-likeness (QED) is 0.719. The van der Waals surface area contributed by atoms with Gasteiger partial charge in [0.1, 0.15) is 5.83 Å². The van der Waals surface area contributed by atoms with E-state index in [2.05, 4.69) is 4.90 Å². The van der Waals surface area contributed by atoms with E-state index in [9.17, 15) is 4.39 Å². The first-order valence-electron chi connectivity index (χ1n) is 5.71. The average molecular weight is 210 g/mol. The maximum absolute atomic E-state index is 14.0. The first-order chi connectivity index (χ1) is 7.13. The number of halogens is 1. The average Bonchev–Trinajstić information content (AvgIpc) is 2.25. The van der Waals surface area contributed by atoms with Gasteiger partial charge in [0.2, 0.25) is 0 Å². The van der Waals surface area contributed by atoms with Crippen molar-refractivity contribution in [3.63, 3.8) is 0 Å². The van der Waals surface area contributed by atoms with Crippen LogP contribution in [0.2, 0.25) is 0 Å². The van der Waals surface area contributed by atoms with Gasteiger partial charge in [0, 0.05) is 5.70 Å². The Labute approximate surface area is 90.6 Å². The van der Waals surface area contributed by atoms with Gasteiger partial charge in [-0.2, -0.15) is 0 Å². The Balaban J connectivity index is 2.16. The van der Waals surface area contributed by atoms with Gasteiger partial charge in [-0.1, -0.05) is 12.5 Å². The molecule has 0 aromatic carbocycles. The van der Waals surface area contributed by atoms with Crippen molar-refractivity contribution < 1.29 is 4.39 Å². The minimum atomic E-state index is -0.441. The van der Waals surface area contributed by atoms with E-state index >= 15 is 0 Å². The Kier molecular flexibility index (Phi) is 2.83. The smallest absolute Gasteiger partial charge is 0.122 e. The van der Waals surface area contributed by atoms with E-state index < -0.39 is 5.54 Å². The summed E-state index contributed by atoms with van der Waals surface area (Å²) in [5.74, 6) is -0.0793. The van der Waals surface area contributed by atoms with Gasteiger partial charge in [-0.3, -0.25) is 4.90 Å². The van der Waals surface area contributed by atoms with Crippen LogP contribution in [-0.2, 0) is 0 Å². The first kappa shape index (κ1) is 10.7. The van der Waals surface area contributed by atoms with Crippen LogP contribution in [-0.4, -0.2) is 23.5 Å². The molecule has 1 heterocycles. The van der Waals surface area contributed by atoms with Gasteiger partial charge in [-0.05, 0) is 45.4 Å². The molecule has 1 unspecified atom stereocenters. The number of nitrogens with zero attached hydrogens (tertiary/aromatic N) is 1. The number of hydrogen-bond acceptors (Lipinski definition) is 2. The second-order valence-corrected chi connectivity index (χ2v) is 4.72. The molecule has 1 fully saturated rings. The summed E-state index contributed by atoms with van der Waals surface area (Å²) in [5, 5.41) is 0. The minimum Gasteiger partial charge on any atom is -0.399 e. The number of hydrogen-bond donors (Lipinski definition) is 1. The predicted molar refractivity (Wildman–Crippen MR) is 59.9 cm³/mol. The predicted octanol–water partition coefficient (Wildman–Crippen LogP) is 2.33. The molecule has 0 aromatic rings. The standard InChI is InChI=1S/C12H19FN2/c1-12(15-7-3-2-4-8-15)6-5-10(14)9-11(12)13/h5,9H,2-4,6-8,14H2,1H3. The van der Waals surface area contributed by atoms with E-state index in [0.717, 1.165) is 13.1 Å². The fourth-order valence-corrected chi connectivity index (χ4v) is 2.44. The van der Waals surface area contributed by atoms with Crippen LogP contribution in [0.15, 0.2) is 23.7 Å². The molecule has 3 heteroatoms. The number of allylic oxidation sites excluding steroid dienone is 1. The number of nitrogens with two attached hydrogens (primary N) is 1. The summed E-state index contributed by atoms with van der Waals surface area (Å²) in [6.45, 7) is 3.99. The Bertz CT molecular complexity index is 303. The third kappa shape index (κ3) is 1.93. The molecule has 2 aliphatic rings. The maximum Gasteiger partial charge on any atom is 0.122 e. The highest BCUT2D eigenvalue weighted by Gasteiger charge is 2.37. The Morgan fingerprint density at radius 1 is 1.33 bits per heavy atom. The summed E-state index contributed by atoms with van der Waals surface area (Å²) >= 11 is 0. The lowest BCUT2D eigenvalue weighted by atomic mass is 9.87. The fourth-order valence-electron chi connectivity index (χ4n) is 2.44. The molecule has 2 rings (SSSR count). The largest absolute Gasteiger partial charge is 0.399 e. The molecule has 1 aliphatic carbocycles. The summed E-state index contributed by atoms with van der Waals surface area (Å²) in [6.07, 6.45) is 7.73. The highest BCUT2D eigenvalue weighted by atomic mass is 19.1. The van der Waals surface area contributed by atoms with E-state index in [1.54, 1.807) is 0 Å². The van der Waals surface area contributed by atoms with Gasteiger partial charge in [0.25, 0.3) is 0 Å². The van der Waals surface area contributed by atoms with Crippen LogP contribution < -0.4 is 5.73 Å². The summed E-state index contributed by atoms with van der Waals surface area (Å²) < 4.78 is 14.0. The third-order valence-electron chi connectivity index (χ3n) is 3.60. The molecule has 1 atom stereocenters. The van der Waals surface area contributed by atoms with Crippen LogP contribution in [0.5, 0.6) is 0 Å². The highest BCUT2D eigenvalue weighted by molar-refractivity contribution is 5.30. The maximum atomic E-state index is 14.0. The van der Waals surface area contributed by atoms with Crippen molar-refractivity contribution in [1.29, 1.82) is 0 Å². The van der Waals surface area contributed by atoms with Crippen LogP contribution in [0.3, 0.4) is 0 Å². The SMILES string of the molecule is CC1(N2CCCCC2)CC=C(N)C=C1F. The number of rotatable bonds is 1. The van der Waals surface area contributed by atoms with Crippen molar-refractivity contribution in [3.8, 4) is 0 Å². The van der Waals surface area contributed by atoms with E-state index in [0.29, 0.717) is 12.1 Å². The normalized spacial score (nSPS) is 33.5. The summed E-state index contributed by atoms with van der Waals surface area (Å²) in [6, 6.07) is 0. The summed E-state index contributed by atoms with van der Waals surface area (Å²) in [7, 11) is 0. The molecule has 1 aliphatic heterocycles. The van der Waals surface area contributed by atoms with Crippen molar-refractivity contribution in [2.24, 2.45) is 5.73 Å². The molecule has 0 radical (unpaired) electrons. The van der Waals surface area contributed by atoms with Crippen molar-refractivity contribution in [2.75, 3.05) is 13.1 Å². The lowest BCUT2D eigenvalue weighted by Crippen LogP contribution is -2.50. The topological polar surface area (TPSA) is 29.3 Å². The zero-order valence-electron chi connectivity index (χ0n) is 9.30. The van der Waals surface area contributed by atoms with Crippen LogP contribution in [0.25, 0.3) is 0 Å². The second-order valence-electron chi connectivity index (χ2n) is 4.72. The van der Waals surface area contributed by atoms with E-state index in [1.165, 1.54) is 25.3 Å². The van der Waals surface area contributed by atoms with E-state index in [4.69, 9.17) is 5.73 Å². The van der Waals surface area contributed by atoms with Gasteiger partial charge in [0.05, 0.1) is 5.54 Å². The molecule has 1 saturated heterocycles. The summed E-state index contributed by atoms with van der Waals surface area (Å²) in [5.41, 5.74) is 5.72. The number of likely N-dealkylation sites (tertiary alicyclic amines) is 1. The van der Waals surface area contributed by atoms with Crippen molar-refractivity contribution in [3.05, 3.63) is 23.7 Å². The molecule has 2 N–H and O–H groups in total. The molecule has 84 valence electrons. The molecule has 0 bridgehead atoms. The van der Waals surface area contributed by atoms with E-state index in [1.807, 2.05) is 13.0 Å².